The lowest BCUT2D eigenvalue weighted by atomic mass is 10.1. The average Bonchev–Trinajstić information content (AvgIpc) is 3.09. The lowest BCUT2D eigenvalue weighted by Crippen LogP contribution is -2.26. The summed E-state index contributed by atoms with van der Waals surface area (Å²) in [6, 6.07) is 6.96. The van der Waals surface area contributed by atoms with Crippen molar-refractivity contribution in [3.8, 4) is 0 Å². The highest BCUT2D eigenvalue weighted by atomic mass is 15.2. The van der Waals surface area contributed by atoms with Gasteiger partial charge in [0, 0.05) is 23.8 Å². The average molecular weight is 231 g/mol. The molecule has 0 aliphatic heterocycles. The van der Waals surface area contributed by atoms with Gasteiger partial charge in [-0.2, -0.15) is 0 Å². The number of hydrogen-bond donors (Lipinski definition) is 2. The normalized spacial score (nSPS) is 14.7. The lowest BCUT2D eigenvalue weighted by Gasteiger charge is -2.25. The Labute approximate surface area is 103 Å². The fraction of sp³-hybridized carbons (Fsp3) is 0.500. The van der Waals surface area contributed by atoms with Gasteiger partial charge in [-0.25, -0.2) is 0 Å². The fourth-order valence-corrected chi connectivity index (χ4v) is 2.28. The zero-order valence-electron chi connectivity index (χ0n) is 10.7. The number of amidine groups is 1. The monoisotopic (exact) mass is 231 g/mol. The summed E-state index contributed by atoms with van der Waals surface area (Å²) in [6.45, 7) is 5.35. The summed E-state index contributed by atoms with van der Waals surface area (Å²) >= 11 is 0. The highest BCUT2D eigenvalue weighted by Gasteiger charge is 2.28. The summed E-state index contributed by atoms with van der Waals surface area (Å²) in [5, 5.41) is 7.50. The molecule has 0 saturated heterocycles. The second-order valence-electron chi connectivity index (χ2n) is 4.84. The molecule has 0 heterocycles. The van der Waals surface area contributed by atoms with Crippen LogP contribution in [0.1, 0.15) is 37.3 Å². The Balaban J connectivity index is 2.25. The third kappa shape index (κ3) is 2.60. The molecule has 1 saturated carbocycles. The molecule has 0 atom stereocenters. The zero-order valence-corrected chi connectivity index (χ0v) is 10.7. The summed E-state index contributed by atoms with van der Waals surface area (Å²) in [7, 11) is 0. The minimum atomic E-state index is 0.155. The molecule has 92 valence electrons. The van der Waals surface area contributed by atoms with E-state index in [0.29, 0.717) is 0 Å². The van der Waals surface area contributed by atoms with Crippen LogP contribution in [0.15, 0.2) is 18.2 Å². The van der Waals surface area contributed by atoms with Gasteiger partial charge in [-0.3, -0.25) is 5.41 Å². The summed E-state index contributed by atoms with van der Waals surface area (Å²) in [4.78, 5) is 2.48. The number of nitrogens with zero attached hydrogens (tertiary/aromatic N) is 1. The first kappa shape index (κ1) is 12.0. The number of nitrogens with one attached hydrogen (secondary N) is 1. The molecule has 1 aliphatic rings. The van der Waals surface area contributed by atoms with E-state index in [-0.39, 0.29) is 5.84 Å². The number of aryl methyl sites for hydroxylation is 1. The smallest absolute Gasteiger partial charge is 0.123 e. The second kappa shape index (κ2) is 4.78. The molecule has 0 amide bonds. The molecule has 0 bridgehead atoms. The molecule has 1 aromatic rings. The summed E-state index contributed by atoms with van der Waals surface area (Å²) < 4.78 is 0. The predicted octanol–water partition coefficient (Wildman–Crippen LogP) is 2.66. The predicted molar refractivity (Wildman–Crippen MR) is 72.9 cm³/mol. The van der Waals surface area contributed by atoms with E-state index in [9.17, 15) is 0 Å². The standard InChI is InChI=1S/C14H21N3/c1-3-8-17(11-4-5-11)12-6-7-13(14(15)16)10(2)9-12/h6-7,9,11H,3-5,8H2,1-2H3,(H3,15,16). The third-order valence-electron chi connectivity index (χ3n) is 3.28. The fourth-order valence-electron chi connectivity index (χ4n) is 2.28. The summed E-state index contributed by atoms with van der Waals surface area (Å²) in [5.74, 6) is 0.155. The van der Waals surface area contributed by atoms with E-state index in [1.54, 1.807) is 0 Å². The van der Waals surface area contributed by atoms with Crippen molar-refractivity contribution >= 4 is 11.5 Å². The van der Waals surface area contributed by atoms with Gasteiger partial charge in [-0.15, -0.1) is 0 Å². The number of anilines is 1. The van der Waals surface area contributed by atoms with Crippen LogP contribution in [0.5, 0.6) is 0 Å². The molecular formula is C14H21N3. The molecule has 1 aliphatic carbocycles. The van der Waals surface area contributed by atoms with Gasteiger partial charge in [0.15, 0.2) is 0 Å². The highest BCUT2D eigenvalue weighted by molar-refractivity contribution is 5.96. The van der Waals surface area contributed by atoms with E-state index in [0.717, 1.165) is 23.7 Å². The van der Waals surface area contributed by atoms with Crippen LogP contribution in [0.3, 0.4) is 0 Å². The minimum Gasteiger partial charge on any atom is -0.384 e. The topological polar surface area (TPSA) is 53.1 Å². The van der Waals surface area contributed by atoms with Crippen molar-refractivity contribution in [2.45, 2.75) is 39.2 Å². The molecule has 2 rings (SSSR count). The van der Waals surface area contributed by atoms with Crippen molar-refractivity contribution in [2.75, 3.05) is 11.4 Å². The van der Waals surface area contributed by atoms with Crippen molar-refractivity contribution in [2.24, 2.45) is 5.73 Å². The van der Waals surface area contributed by atoms with Crippen LogP contribution in [0, 0.1) is 12.3 Å². The molecule has 0 aromatic heterocycles. The van der Waals surface area contributed by atoms with Gasteiger partial charge >= 0.3 is 0 Å². The number of nitrogens with two attached hydrogens (primary N) is 1. The van der Waals surface area contributed by atoms with Gasteiger partial charge < -0.3 is 10.6 Å². The van der Waals surface area contributed by atoms with E-state index in [1.165, 1.54) is 24.9 Å². The first-order chi connectivity index (χ1) is 8.13. The van der Waals surface area contributed by atoms with Gasteiger partial charge in [0.1, 0.15) is 5.84 Å². The van der Waals surface area contributed by atoms with E-state index < -0.39 is 0 Å². The Kier molecular flexibility index (Phi) is 3.36. The van der Waals surface area contributed by atoms with Crippen LogP contribution in [0.2, 0.25) is 0 Å². The highest BCUT2D eigenvalue weighted by Crippen LogP contribution is 2.32. The van der Waals surface area contributed by atoms with Gasteiger partial charge in [-0.05, 0) is 49.9 Å². The van der Waals surface area contributed by atoms with Crippen molar-refractivity contribution in [3.63, 3.8) is 0 Å². The zero-order chi connectivity index (χ0) is 12.4. The molecule has 0 radical (unpaired) electrons. The van der Waals surface area contributed by atoms with Crippen LogP contribution in [-0.4, -0.2) is 18.4 Å². The lowest BCUT2D eigenvalue weighted by molar-refractivity contribution is 0.763. The van der Waals surface area contributed by atoms with E-state index >= 15 is 0 Å². The van der Waals surface area contributed by atoms with Gasteiger partial charge in [-0.1, -0.05) is 6.92 Å². The SMILES string of the molecule is CCCN(c1ccc(C(=N)N)c(C)c1)C1CC1. The van der Waals surface area contributed by atoms with Crippen molar-refractivity contribution in [1.29, 1.82) is 5.41 Å². The van der Waals surface area contributed by atoms with Crippen LogP contribution < -0.4 is 10.6 Å². The van der Waals surface area contributed by atoms with Gasteiger partial charge in [0.25, 0.3) is 0 Å². The maximum atomic E-state index is 7.50. The minimum absolute atomic E-state index is 0.155. The number of benzene rings is 1. The molecule has 1 fully saturated rings. The van der Waals surface area contributed by atoms with Crippen molar-refractivity contribution in [3.05, 3.63) is 29.3 Å². The Morgan fingerprint density at radius 3 is 2.65 bits per heavy atom. The van der Waals surface area contributed by atoms with Crippen LogP contribution >= 0.6 is 0 Å². The Morgan fingerprint density at radius 2 is 2.18 bits per heavy atom. The van der Waals surface area contributed by atoms with E-state index in [2.05, 4.69) is 24.0 Å². The van der Waals surface area contributed by atoms with Crippen molar-refractivity contribution < 1.29 is 0 Å². The maximum absolute atomic E-state index is 7.50. The third-order valence-corrected chi connectivity index (χ3v) is 3.28. The maximum Gasteiger partial charge on any atom is 0.123 e. The molecule has 1 aromatic carbocycles. The van der Waals surface area contributed by atoms with Crippen molar-refractivity contribution in [1.82, 2.24) is 0 Å². The summed E-state index contributed by atoms with van der Waals surface area (Å²) in [6.07, 6.45) is 3.80. The molecular weight excluding hydrogens is 210 g/mol. The number of nitrogen functional groups attached to an aromatic ring is 1. The number of rotatable bonds is 5. The second-order valence-corrected chi connectivity index (χ2v) is 4.84. The largest absolute Gasteiger partial charge is 0.384 e. The first-order valence-electron chi connectivity index (χ1n) is 6.35. The summed E-state index contributed by atoms with van der Waals surface area (Å²) in [5.41, 5.74) is 8.76. The quantitative estimate of drug-likeness (QED) is 0.604. The van der Waals surface area contributed by atoms with Crippen LogP contribution in [0.25, 0.3) is 0 Å². The van der Waals surface area contributed by atoms with Gasteiger partial charge in [0.05, 0.1) is 0 Å². The van der Waals surface area contributed by atoms with E-state index in [4.69, 9.17) is 11.1 Å². The van der Waals surface area contributed by atoms with Gasteiger partial charge in [0.2, 0.25) is 0 Å². The molecule has 0 unspecified atom stereocenters. The molecule has 17 heavy (non-hydrogen) atoms. The Bertz CT molecular complexity index is 421. The molecule has 3 N–H and O–H groups in total. The number of hydrogen-bond acceptors (Lipinski definition) is 2. The molecule has 3 heteroatoms. The molecule has 3 nitrogen and oxygen atoms in total. The Hall–Kier alpha value is -1.51. The Morgan fingerprint density at radius 1 is 1.47 bits per heavy atom. The molecule has 0 spiro atoms. The van der Waals surface area contributed by atoms with Crippen LogP contribution in [-0.2, 0) is 0 Å². The van der Waals surface area contributed by atoms with E-state index in [1.807, 2.05) is 13.0 Å². The first-order valence-corrected chi connectivity index (χ1v) is 6.35. The van der Waals surface area contributed by atoms with Crippen LogP contribution in [0.4, 0.5) is 5.69 Å².